The Kier molecular flexibility index (Phi) is 4.31. The zero-order chi connectivity index (χ0) is 14.5. The van der Waals surface area contributed by atoms with Gasteiger partial charge in [0, 0.05) is 28.0 Å². The number of anilines is 2. The van der Waals surface area contributed by atoms with Gasteiger partial charge in [0.25, 0.3) is 5.69 Å². The molecule has 2 aromatic carbocycles. The Morgan fingerprint density at radius 1 is 0.950 bits per heavy atom. The molecule has 6 nitrogen and oxygen atoms in total. The van der Waals surface area contributed by atoms with Crippen LogP contribution in [0.25, 0.3) is 0 Å². The number of non-ortho nitro benzene ring substituents is 1. The fraction of sp³-hybridized carbons (Fsp3) is 0. The lowest BCUT2D eigenvalue weighted by atomic mass is 10.3. The second kappa shape index (κ2) is 6.16. The lowest BCUT2D eigenvalue weighted by Crippen LogP contribution is -2.19. The molecule has 2 rings (SSSR count). The molecule has 0 aliphatic rings. The Balaban J connectivity index is 1.97. The van der Waals surface area contributed by atoms with Crippen molar-refractivity contribution < 1.29 is 9.72 Å². The van der Waals surface area contributed by atoms with Crippen molar-refractivity contribution in [1.82, 2.24) is 0 Å². The van der Waals surface area contributed by atoms with E-state index in [0.29, 0.717) is 11.4 Å². The summed E-state index contributed by atoms with van der Waals surface area (Å²) in [6, 6.07) is 12.3. The Morgan fingerprint density at radius 3 is 1.85 bits per heavy atom. The highest BCUT2D eigenvalue weighted by Crippen LogP contribution is 2.17. The normalized spacial score (nSPS) is 9.85. The number of nitro benzene ring substituents is 1. The van der Waals surface area contributed by atoms with Crippen LogP contribution in [0.4, 0.5) is 21.9 Å². The first-order chi connectivity index (χ1) is 9.54. The molecular weight excluding hydrogens is 326 g/mol. The summed E-state index contributed by atoms with van der Waals surface area (Å²) in [5.41, 5.74) is 1.10. The van der Waals surface area contributed by atoms with E-state index in [1.54, 1.807) is 12.1 Å². The first-order valence-electron chi connectivity index (χ1n) is 5.62. The third-order valence-corrected chi connectivity index (χ3v) is 2.97. The van der Waals surface area contributed by atoms with Crippen LogP contribution in [0.3, 0.4) is 0 Å². The highest BCUT2D eigenvalue weighted by atomic mass is 79.9. The molecule has 0 aliphatic carbocycles. The van der Waals surface area contributed by atoms with Gasteiger partial charge in [-0.05, 0) is 36.4 Å². The summed E-state index contributed by atoms with van der Waals surface area (Å²) in [4.78, 5) is 21.7. The minimum absolute atomic E-state index is 0.0242. The Morgan fingerprint density at radius 2 is 1.40 bits per heavy atom. The highest BCUT2D eigenvalue weighted by Gasteiger charge is 2.06. The molecular formula is C13H10BrN3O3. The molecule has 7 heteroatoms. The summed E-state index contributed by atoms with van der Waals surface area (Å²) in [6.07, 6.45) is 0. The molecule has 0 saturated carbocycles. The van der Waals surface area contributed by atoms with Crippen LogP contribution in [0, 0.1) is 10.1 Å². The van der Waals surface area contributed by atoms with E-state index in [-0.39, 0.29) is 5.69 Å². The molecule has 2 N–H and O–H groups in total. The maximum Gasteiger partial charge on any atom is 0.323 e. The monoisotopic (exact) mass is 335 g/mol. The van der Waals surface area contributed by atoms with Gasteiger partial charge >= 0.3 is 6.03 Å². The van der Waals surface area contributed by atoms with Gasteiger partial charge in [-0.3, -0.25) is 10.1 Å². The fourth-order valence-electron chi connectivity index (χ4n) is 1.49. The van der Waals surface area contributed by atoms with Gasteiger partial charge in [-0.2, -0.15) is 0 Å². The van der Waals surface area contributed by atoms with Crippen LogP contribution >= 0.6 is 15.9 Å². The standard InChI is InChI=1S/C13H10BrN3O3/c14-9-1-3-10(4-2-9)15-13(18)16-11-5-7-12(8-6-11)17(19)20/h1-8H,(H2,15,16,18). The second-order valence-electron chi connectivity index (χ2n) is 3.89. The number of nitrogens with zero attached hydrogens (tertiary/aromatic N) is 1. The van der Waals surface area contributed by atoms with Gasteiger partial charge in [0.15, 0.2) is 0 Å². The largest absolute Gasteiger partial charge is 0.323 e. The zero-order valence-electron chi connectivity index (χ0n) is 10.2. The predicted molar refractivity (Wildman–Crippen MR) is 79.9 cm³/mol. The molecule has 2 aromatic rings. The van der Waals surface area contributed by atoms with Crippen LogP contribution in [0.5, 0.6) is 0 Å². The van der Waals surface area contributed by atoms with Crippen molar-refractivity contribution >= 4 is 39.0 Å². The lowest BCUT2D eigenvalue weighted by Gasteiger charge is -2.07. The van der Waals surface area contributed by atoms with E-state index < -0.39 is 11.0 Å². The van der Waals surface area contributed by atoms with Crippen LogP contribution < -0.4 is 10.6 Å². The number of urea groups is 1. The SMILES string of the molecule is O=C(Nc1ccc(Br)cc1)Nc1ccc([N+](=O)[O-])cc1. The topological polar surface area (TPSA) is 84.3 Å². The zero-order valence-corrected chi connectivity index (χ0v) is 11.8. The molecule has 2 amide bonds. The molecule has 0 radical (unpaired) electrons. The van der Waals surface area contributed by atoms with E-state index in [2.05, 4.69) is 26.6 Å². The molecule has 102 valence electrons. The Hall–Kier alpha value is -2.41. The third-order valence-electron chi connectivity index (χ3n) is 2.44. The van der Waals surface area contributed by atoms with Gasteiger partial charge < -0.3 is 10.6 Å². The van der Waals surface area contributed by atoms with Crippen LogP contribution in [-0.2, 0) is 0 Å². The number of benzene rings is 2. The first-order valence-corrected chi connectivity index (χ1v) is 6.42. The molecule has 0 aliphatic heterocycles. The number of carbonyl (C=O) groups is 1. The fourth-order valence-corrected chi connectivity index (χ4v) is 1.76. The number of amides is 2. The molecule has 0 bridgehead atoms. The molecule has 0 fully saturated rings. The summed E-state index contributed by atoms with van der Waals surface area (Å²) in [5, 5.41) is 15.7. The Bertz CT molecular complexity index is 626. The van der Waals surface area contributed by atoms with Crippen molar-refractivity contribution in [3.63, 3.8) is 0 Å². The van der Waals surface area contributed by atoms with Crippen LogP contribution in [0.1, 0.15) is 0 Å². The molecule has 0 atom stereocenters. The quantitative estimate of drug-likeness (QED) is 0.656. The molecule has 0 unspecified atom stereocenters. The number of nitro groups is 1. The van der Waals surface area contributed by atoms with Crippen molar-refractivity contribution in [1.29, 1.82) is 0 Å². The maximum atomic E-state index is 11.7. The van der Waals surface area contributed by atoms with E-state index in [1.165, 1.54) is 24.3 Å². The number of nitrogens with one attached hydrogen (secondary N) is 2. The van der Waals surface area contributed by atoms with Crippen LogP contribution in [0.2, 0.25) is 0 Å². The van der Waals surface area contributed by atoms with Crippen molar-refractivity contribution in [3.8, 4) is 0 Å². The predicted octanol–water partition coefficient (Wildman–Crippen LogP) is 4.00. The van der Waals surface area contributed by atoms with Crippen molar-refractivity contribution in [3.05, 3.63) is 63.1 Å². The summed E-state index contributed by atoms with van der Waals surface area (Å²) in [5.74, 6) is 0. The van der Waals surface area contributed by atoms with E-state index in [4.69, 9.17) is 0 Å². The van der Waals surface area contributed by atoms with Gasteiger partial charge in [0.2, 0.25) is 0 Å². The minimum Gasteiger partial charge on any atom is -0.308 e. The molecule has 0 spiro atoms. The van der Waals surface area contributed by atoms with Gasteiger partial charge in [0.1, 0.15) is 0 Å². The van der Waals surface area contributed by atoms with Gasteiger partial charge in [0.05, 0.1) is 4.92 Å². The van der Waals surface area contributed by atoms with Gasteiger partial charge in [-0.1, -0.05) is 15.9 Å². The minimum atomic E-state index is -0.494. The van der Waals surface area contributed by atoms with E-state index in [9.17, 15) is 14.9 Å². The van der Waals surface area contributed by atoms with Crippen molar-refractivity contribution in [2.24, 2.45) is 0 Å². The summed E-state index contributed by atoms with van der Waals surface area (Å²) >= 11 is 3.30. The van der Waals surface area contributed by atoms with Gasteiger partial charge in [-0.25, -0.2) is 4.79 Å². The number of rotatable bonds is 3. The summed E-state index contributed by atoms with van der Waals surface area (Å²) in [6.45, 7) is 0. The maximum absolute atomic E-state index is 11.7. The first kappa shape index (κ1) is 14.0. The highest BCUT2D eigenvalue weighted by molar-refractivity contribution is 9.10. The molecule has 20 heavy (non-hydrogen) atoms. The number of hydrogen-bond acceptors (Lipinski definition) is 3. The van der Waals surface area contributed by atoms with Crippen LogP contribution in [0.15, 0.2) is 53.0 Å². The second-order valence-corrected chi connectivity index (χ2v) is 4.81. The number of hydrogen-bond donors (Lipinski definition) is 2. The summed E-state index contributed by atoms with van der Waals surface area (Å²) < 4.78 is 0.916. The van der Waals surface area contributed by atoms with E-state index in [0.717, 1.165) is 4.47 Å². The van der Waals surface area contributed by atoms with E-state index in [1.807, 2.05) is 12.1 Å². The Labute approximate surface area is 123 Å². The van der Waals surface area contributed by atoms with Crippen LogP contribution in [-0.4, -0.2) is 11.0 Å². The molecule has 0 aromatic heterocycles. The van der Waals surface area contributed by atoms with E-state index >= 15 is 0 Å². The smallest absolute Gasteiger partial charge is 0.308 e. The third kappa shape index (κ3) is 3.79. The molecule has 0 saturated heterocycles. The number of carbonyl (C=O) groups excluding carboxylic acids is 1. The summed E-state index contributed by atoms with van der Waals surface area (Å²) in [7, 11) is 0. The van der Waals surface area contributed by atoms with Crippen molar-refractivity contribution in [2.45, 2.75) is 0 Å². The van der Waals surface area contributed by atoms with Crippen molar-refractivity contribution in [2.75, 3.05) is 10.6 Å². The average Bonchev–Trinajstić information content (AvgIpc) is 2.42. The lowest BCUT2D eigenvalue weighted by molar-refractivity contribution is -0.384. The average molecular weight is 336 g/mol. The number of halogens is 1. The molecule has 0 heterocycles. The van der Waals surface area contributed by atoms with Gasteiger partial charge in [-0.15, -0.1) is 0 Å².